The van der Waals surface area contributed by atoms with Crippen LogP contribution in [0.25, 0.3) is 0 Å². The quantitative estimate of drug-likeness (QED) is 0.631. The molecule has 23 heavy (non-hydrogen) atoms. The summed E-state index contributed by atoms with van der Waals surface area (Å²) in [7, 11) is 0. The van der Waals surface area contributed by atoms with Gasteiger partial charge in [0.15, 0.2) is 0 Å². The van der Waals surface area contributed by atoms with E-state index >= 15 is 0 Å². The molecule has 1 heterocycles. The minimum absolute atomic E-state index is 0.263. The molecule has 6 heteroatoms. The van der Waals surface area contributed by atoms with Crippen LogP contribution >= 0.6 is 0 Å². The maximum atomic E-state index is 11.7. The number of pyridine rings is 1. The first kappa shape index (κ1) is 16.5. The fraction of sp³-hybridized carbons (Fsp3) is 0.235. The van der Waals surface area contributed by atoms with Crippen molar-refractivity contribution in [2.24, 2.45) is 0 Å². The summed E-state index contributed by atoms with van der Waals surface area (Å²) >= 11 is 0. The van der Waals surface area contributed by atoms with Crippen molar-refractivity contribution < 1.29 is 14.3 Å². The van der Waals surface area contributed by atoms with Crippen LogP contribution < -0.4 is 15.6 Å². The first-order chi connectivity index (χ1) is 11.2. The molecule has 0 aliphatic rings. The topological polar surface area (TPSA) is 80.3 Å². The number of hydrogen-bond donors (Lipinski definition) is 2. The van der Waals surface area contributed by atoms with Crippen LogP contribution in [0.1, 0.15) is 28.8 Å². The first-order valence-corrected chi connectivity index (χ1v) is 7.34. The van der Waals surface area contributed by atoms with Gasteiger partial charge in [-0.25, -0.2) is 0 Å². The van der Waals surface area contributed by atoms with Crippen molar-refractivity contribution in [1.29, 1.82) is 0 Å². The number of hydrogen-bond acceptors (Lipinski definition) is 4. The van der Waals surface area contributed by atoms with Gasteiger partial charge in [-0.3, -0.25) is 25.4 Å². The second-order valence-corrected chi connectivity index (χ2v) is 4.96. The molecule has 1 aromatic heterocycles. The fourth-order valence-electron chi connectivity index (χ4n) is 1.89. The molecule has 0 radical (unpaired) electrons. The van der Waals surface area contributed by atoms with E-state index < -0.39 is 5.91 Å². The molecule has 0 unspecified atom stereocenters. The Morgan fingerprint density at radius 2 is 1.96 bits per heavy atom. The number of aryl methyl sites for hydroxylation is 1. The summed E-state index contributed by atoms with van der Waals surface area (Å²) in [5.41, 5.74) is 6.16. The summed E-state index contributed by atoms with van der Waals surface area (Å²) in [6.45, 7) is 2.41. The van der Waals surface area contributed by atoms with E-state index in [1.165, 1.54) is 6.20 Å². The van der Waals surface area contributed by atoms with Crippen LogP contribution in [0.15, 0.2) is 48.8 Å². The number of amides is 2. The molecule has 2 rings (SSSR count). The number of carbonyl (C=O) groups is 2. The number of nitrogens with zero attached hydrogens (tertiary/aromatic N) is 1. The van der Waals surface area contributed by atoms with Gasteiger partial charge in [0, 0.05) is 18.8 Å². The van der Waals surface area contributed by atoms with Crippen molar-refractivity contribution in [2.75, 3.05) is 6.61 Å². The summed E-state index contributed by atoms with van der Waals surface area (Å²) in [6.07, 6.45) is 3.82. The highest BCUT2D eigenvalue weighted by molar-refractivity contribution is 5.94. The number of nitrogens with one attached hydrogen (secondary N) is 2. The Balaban J connectivity index is 1.64. The third-order valence-corrected chi connectivity index (χ3v) is 3.14. The molecule has 2 aromatic rings. The Morgan fingerprint density at radius 1 is 1.13 bits per heavy atom. The van der Waals surface area contributed by atoms with Crippen molar-refractivity contribution in [3.8, 4) is 5.75 Å². The van der Waals surface area contributed by atoms with E-state index in [0.29, 0.717) is 18.6 Å². The fourth-order valence-corrected chi connectivity index (χ4v) is 1.89. The minimum Gasteiger partial charge on any atom is -0.493 e. The third-order valence-electron chi connectivity index (χ3n) is 3.14. The number of hydrazine groups is 1. The number of carbonyl (C=O) groups excluding carboxylic acids is 2. The van der Waals surface area contributed by atoms with Crippen molar-refractivity contribution in [1.82, 2.24) is 15.8 Å². The molecule has 0 aliphatic heterocycles. The highest BCUT2D eigenvalue weighted by Crippen LogP contribution is 2.16. The lowest BCUT2D eigenvalue weighted by atomic mass is 10.2. The van der Waals surface area contributed by atoms with E-state index in [9.17, 15) is 9.59 Å². The van der Waals surface area contributed by atoms with Crippen molar-refractivity contribution >= 4 is 11.8 Å². The minimum atomic E-state index is -0.400. The van der Waals surface area contributed by atoms with Crippen LogP contribution in [-0.4, -0.2) is 23.4 Å². The lowest BCUT2D eigenvalue weighted by Crippen LogP contribution is -2.41. The number of ether oxygens (including phenoxy) is 1. The van der Waals surface area contributed by atoms with E-state index in [2.05, 4.69) is 15.8 Å². The monoisotopic (exact) mass is 313 g/mol. The molecule has 2 N–H and O–H groups in total. The Labute approximate surface area is 134 Å². The van der Waals surface area contributed by atoms with Gasteiger partial charge in [0.1, 0.15) is 5.75 Å². The normalized spacial score (nSPS) is 9.96. The predicted octanol–water partition coefficient (Wildman–Crippen LogP) is 2.01. The maximum absolute atomic E-state index is 11.7. The molecule has 2 amide bonds. The van der Waals surface area contributed by atoms with Gasteiger partial charge in [-0.15, -0.1) is 0 Å². The zero-order valence-corrected chi connectivity index (χ0v) is 12.9. The molecular formula is C17H19N3O3. The zero-order valence-electron chi connectivity index (χ0n) is 12.9. The average molecular weight is 313 g/mol. The van der Waals surface area contributed by atoms with Crippen LogP contribution in [-0.2, 0) is 4.79 Å². The Kier molecular flexibility index (Phi) is 6.11. The first-order valence-electron chi connectivity index (χ1n) is 7.34. The van der Waals surface area contributed by atoms with Crippen LogP contribution in [0.3, 0.4) is 0 Å². The highest BCUT2D eigenvalue weighted by Gasteiger charge is 2.07. The van der Waals surface area contributed by atoms with Gasteiger partial charge in [-0.2, -0.15) is 0 Å². The van der Waals surface area contributed by atoms with E-state index in [-0.39, 0.29) is 12.3 Å². The molecule has 0 saturated carbocycles. The van der Waals surface area contributed by atoms with Gasteiger partial charge in [0.25, 0.3) is 5.91 Å². The number of para-hydroxylation sites is 1. The lowest BCUT2D eigenvalue weighted by molar-refractivity contribution is -0.122. The lowest BCUT2D eigenvalue weighted by Gasteiger charge is -2.09. The molecule has 0 saturated heterocycles. The van der Waals surface area contributed by atoms with Crippen LogP contribution in [0, 0.1) is 6.92 Å². The van der Waals surface area contributed by atoms with Gasteiger partial charge in [-0.1, -0.05) is 18.2 Å². The van der Waals surface area contributed by atoms with Gasteiger partial charge in [-0.05, 0) is 37.1 Å². The molecule has 0 spiro atoms. The average Bonchev–Trinajstić information content (AvgIpc) is 2.59. The van der Waals surface area contributed by atoms with E-state index in [1.807, 2.05) is 31.2 Å². The number of aromatic nitrogens is 1. The largest absolute Gasteiger partial charge is 0.493 e. The molecule has 1 aromatic carbocycles. The van der Waals surface area contributed by atoms with E-state index in [1.54, 1.807) is 18.3 Å². The summed E-state index contributed by atoms with van der Waals surface area (Å²) in [5, 5.41) is 0. The van der Waals surface area contributed by atoms with E-state index in [0.717, 1.165) is 11.3 Å². The van der Waals surface area contributed by atoms with Gasteiger partial charge >= 0.3 is 0 Å². The Hall–Kier alpha value is -2.89. The van der Waals surface area contributed by atoms with Crippen LogP contribution in [0.5, 0.6) is 5.75 Å². The summed E-state index contributed by atoms with van der Waals surface area (Å²) in [5.74, 6) is 0.149. The smallest absolute Gasteiger partial charge is 0.271 e. The Morgan fingerprint density at radius 3 is 2.70 bits per heavy atom. The summed E-state index contributed by atoms with van der Waals surface area (Å²) in [6, 6.07) is 11.0. The van der Waals surface area contributed by atoms with Gasteiger partial charge in [0.2, 0.25) is 5.91 Å². The Bertz CT molecular complexity index is 659. The number of benzene rings is 1. The molecule has 120 valence electrons. The van der Waals surface area contributed by atoms with Crippen LogP contribution in [0.2, 0.25) is 0 Å². The summed E-state index contributed by atoms with van der Waals surface area (Å²) in [4.78, 5) is 27.2. The van der Waals surface area contributed by atoms with Gasteiger partial charge < -0.3 is 4.74 Å². The predicted molar refractivity (Wildman–Crippen MR) is 85.8 cm³/mol. The molecular weight excluding hydrogens is 294 g/mol. The molecule has 0 bridgehead atoms. The maximum Gasteiger partial charge on any atom is 0.271 e. The zero-order chi connectivity index (χ0) is 16.5. The molecule has 0 atom stereocenters. The van der Waals surface area contributed by atoms with Crippen molar-refractivity contribution in [3.05, 3.63) is 59.9 Å². The van der Waals surface area contributed by atoms with Crippen molar-refractivity contribution in [3.63, 3.8) is 0 Å². The van der Waals surface area contributed by atoms with Gasteiger partial charge in [0.05, 0.1) is 12.2 Å². The standard InChI is InChI=1S/C17H19N3O3/c1-13-6-2-3-8-15(13)23-11-5-9-16(21)19-20-17(22)14-7-4-10-18-12-14/h2-4,6-8,10,12H,5,9,11H2,1H3,(H,19,21)(H,20,22). The van der Waals surface area contributed by atoms with E-state index in [4.69, 9.17) is 4.74 Å². The van der Waals surface area contributed by atoms with Crippen molar-refractivity contribution in [2.45, 2.75) is 19.8 Å². The second kappa shape index (κ2) is 8.53. The van der Waals surface area contributed by atoms with Crippen LogP contribution in [0.4, 0.5) is 0 Å². The summed E-state index contributed by atoms with van der Waals surface area (Å²) < 4.78 is 5.61. The third kappa shape index (κ3) is 5.43. The molecule has 0 aliphatic carbocycles. The number of rotatable bonds is 6. The molecule has 6 nitrogen and oxygen atoms in total. The SMILES string of the molecule is Cc1ccccc1OCCCC(=O)NNC(=O)c1cccnc1. The molecule has 0 fully saturated rings. The second-order valence-electron chi connectivity index (χ2n) is 4.96. The highest BCUT2D eigenvalue weighted by atomic mass is 16.5.